The zero-order chi connectivity index (χ0) is 16.3. The Morgan fingerprint density at radius 2 is 1.95 bits per heavy atom. The Hall–Kier alpha value is -2.30. The van der Waals surface area contributed by atoms with E-state index in [1.807, 2.05) is 33.0 Å². The first kappa shape index (κ1) is 16.1. The number of hydrogen-bond acceptors (Lipinski definition) is 2. The van der Waals surface area contributed by atoms with Crippen molar-refractivity contribution >= 4 is 18.0 Å². The van der Waals surface area contributed by atoms with Crippen molar-refractivity contribution in [1.82, 2.24) is 10.3 Å². The second-order valence-electron chi connectivity index (χ2n) is 5.42. The molecule has 0 bridgehead atoms. The minimum Gasteiger partial charge on any atom is -0.481 e. The van der Waals surface area contributed by atoms with Crippen LogP contribution in [0.4, 0.5) is 0 Å². The number of amides is 1. The number of aliphatic carboxylic acids is 1. The first-order valence-electron chi connectivity index (χ1n) is 7.61. The Kier molecular flexibility index (Phi) is 4.85. The van der Waals surface area contributed by atoms with Crippen molar-refractivity contribution in [3.8, 4) is 0 Å². The lowest BCUT2D eigenvalue weighted by Gasteiger charge is -2.04. The molecule has 5 heteroatoms. The molecule has 0 fully saturated rings. The number of aromatic nitrogens is 1. The van der Waals surface area contributed by atoms with Crippen molar-refractivity contribution in [2.24, 2.45) is 0 Å². The van der Waals surface area contributed by atoms with Crippen LogP contribution in [0.1, 0.15) is 49.9 Å². The molecule has 0 saturated heterocycles. The van der Waals surface area contributed by atoms with Gasteiger partial charge in [0, 0.05) is 29.6 Å². The number of rotatable bonds is 6. The van der Waals surface area contributed by atoms with Gasteiger partial charge in [0.25, 0.3) is 5.91 Å². The van der Waals surface area contributed by atoms with E-state index in [0.29, 0.717) is 6.42 Å². The zero-order valence-electron chi connectivity index (χ0n) is 13.2. The van der Waals surface area contributed by atoms with Crippen LogP contribution < -0.4 is 5.32 Å². The lowest BCUT2D eigenvalue weighted by molar-refractivity contribution is -0.137. The summed E-state index contributed by atoms with van der Waals surface area (Å²) in [6.07, 6.45) is 5.94. The molecule has 1 aromatic heterocycles. The van der Waals surface area contributed by atoms with Gasteiger partial charge in [-0.15, -0.1) is 0 Å². The fraction of sp³-hybridized carbons (Fsp3) is 0.412. The maximum atomic E-state index is 12.0. The summed E-state index contributed by atoms with van der Waals surface area (Å²) in [5.41, 5.74) is 5.70. The number of allylic oxidation sites excluding steroid dienone is 1. The van der Waals surface area contributed by atoms with Crippen LogP contribution in [-0.2, 0) is 16.0 Å². The van der Waals surface area contributed by atoms with Gasteiger partial charge in [0.2, 0.25) is 0 Å². The number of aromatic amines is 1. The van der Waals surface area contributed by atoms with Gasteiger partial charge in [-0.25, -0.2) is 0 Å². The maximum Gasteiger partial charge on any atom is 0.303 e. The van der Waals surface area contributed by atoms with Crippen molar-refractivity contribution in [1.29, 1.82) is 0 Å². The summed E-state index contributed by atoms with van der Waals surface area (Å²) < 4.78 is 0. The predicted molar refractivity (Wildman–Crippen MR) is 85.2 cm³/mol. The van der Waals surface area contributed by atoms with Gasteiger partial charge in [-0.05, 0) is 49.0 Å². The third-order valence-electron chi connectivity index (χ3n) is 4.10. The SMILES string of the molecule is CCC1=C(CC)/C(=C\c2[nH]cc(CCC(=O)O)c2C)NC1=O. The van der Waals surface area contributed by atoms with E-state index in [-0.39, 0.29) is 12.3 Å². The molecular formula is C17H22N2O3. The molecule has 0 radical (unpaired) electrons. The first-order chi connectivity index (χ1) is 10.5. The van der Waals surface area contributed by atoms with Gasteiger partial charge in [0.1, 0.15) is 0 Å². The minimum atomic E-state index is -0.799. The van der Waals surface area contributed by atoms with E-state index in [0.717, 1.165) is 46.5 Å². The Morgan fingerprint density at radius 3 is 2.55 bits per heavy atom. The number of nitrogens with one attached hydrogen (secondary N) is 2. The van der Waals surface area contributed by atoms with Crippen LogP contribution in [0.25, 0.3) is 6.08 Å². The number of carboxylic acids is 1. The van der Waals surface area contributed by atoms with E-state index in [1.165, 1.54) is 0 Å². The third-order valence-corrected chi connectivity index (χ3v) is 4.10. The summed E-state index contributed by atoms with van der Waals surface area (Å²) in [4.78, 5) is 25.8. The summed E-state index contributed by atoms with van der Waals surface area (Å²) >= 11 is 0. The van der Waals surface area contributed by atoms with Crippen LogP contribution >= 0.6 is 0 Å². The smallest absolute Gasteiger partial charge is 0.303 e. The fourth-order valence-corrected chi connectivity index (χ4v) is 2.82. The van der Waals surface area contributed by atoms with E-state index >= 15 is 0 Å². The van der Waals surface area contributed by atoms with Crippen LogP contribution in [0.3, 0.4) is 0 Å². The minimum absolute atomic E-state index is 0.0130. The molecule has 0 aliphatic carbocycles. The van der Waals surface area contributed by atoms with Gasteiger partial charge >= 0.3 is 5.97 Å². The van der Waals surface area contributed by atoms with Gasteiger partial charge < -0.3 is 15.4 Å². The third kappa shape index (κ3) is 3.13. The first-order valence-corrected chi connectivity index (χ1v) is 7.61. The summed E-state index contributed by atoms with van der Waals surface area (Å²) in [6.45, 7) is 5.99. The quantitative estimate of drug-likeness (QED) is 0.755. The number of H-pyrrole nitrogens is 1. The topological polar surface area (TPSA) is 82.2 Å². The highest BCUT2D eigenvalue weighted by Crippen LogP contribution is 2.28. The molecule has 1 aliphatic heterocycles. The summed E-state index contributed by atoms with van der Waals surface area (Å²) in [6, 6.07) is 0. The second kappa shape index (κ2) is 6.64. The molecule has 2 heterocycles. The lowest BCUT2D eigenvalue weighted by atomic mass is 10.0. The number of aryl methyl sites for hydroxylation is 1. The zero-order valence-corrected chi connectivity index (χ0v) is 13.2. The Balaban J connectivity index is 2.29. The molecular weight excluding hydrogens is 280 g/mol. The van der Waals surface area contributed by atoms with Crippen LogP contribution in [0, 0.1) is 6.92 Å². The van der Waals surface area contributed by atoms with Crippen molar-refractivity contribution in [2.45, 2.75) is 46.5 Å². The monoisotopic (exact) mass is 302 g/mol. The molecule has 0 atom stereocenters. The molecule has 1 aromatic rings. The predicted octanol–water partition coefficient (Wildman–Crippen LogP) is 2.93. The molecule has 3 N–H and O–H groups in total. The van der Waals surface area contributed by atoms with Crippen molar-refractivity contribution in [2.75, 3.05) is 0 Å². The highest BCUT2D eigenvalue weighted by molar-refractivity contribution is 6.01. The number of carbonyl (C=O) groups excluding carboxylic acids is 1. The summed E-state index contributed by atoms with van der Waals surface area (Å²) in [5, 5.41) is 11.7. The molecule has 1 aliphatic rings. The Bertz CT molecular complexity index is 665. The van der Waals surface area contributed by atoms with Gasteiger partial charge in [-0.3, -0.25) is 9.59 Å². The number of hydrogen-bond donors (Lipinski definition) is 3. The number of carbonyl (C=O) groups is 2. The largest absolute Gasteiger partial charge is 0.481 e. The molecule has 5 nitrogen and oxygen atoms in total. The Morgan fingerprint density at radius 1 is 1.27 bits per heavy atom. The fourth-order valence-electron chi connectivity index (χ4n) is 2.82. The van der Waals surface area contributed by atoms with Crippen molar-refractivity contribution < 1.29 is 14.7 Å². The molecule has 0 unspecified atom stereocenters. The number of carboxylic acid groups (broad SMARTS) is 1. The summed E-state index contributed by atoms with van der Waals surface area (Å²) in [7, 11) is 0. The van der Waals surface area contributed by atoms with Gasteiger partial charge in [-0.2, -0.15) is 0 Å². The molecule has 0 spiro atoms. The molecule has 0 saturated carbocycles. The van der Waals surface area contributed by atoms with Crippen molar-refractivity contribution in [3.05, 3.63) is 39.9 Å². The highest BCUT2D eigenvalue weighted by atomic mass is 16.4. The van der Waals surface area contributed by atoms with Crippen LogP contribution in [-0.4, -0.2) is 22.0 Å². The highest BCUT2D eigenvalue weighted by Gasteiger charge is 2.24. The summed E-state index contributed by atoms with van der Waals surface area (Å²) in [5.74, 6) is -0.812. The maximum absolute atomic E-state index is 12.0. The molecule has 0 aromatic carbocycles. The second-order valence-corrected chi connectivity index (χ2v) is 5.42. The molecule has 2 rings (SSSR count). The van der Waals surface area contributed by atoms with Gasteiger partial charge in [-0.1, -0.05) is 13.8 Å². The molecule has 118 valence electrons. The van der Waals surface area contributed by atoms with E-state index < -0.39 is 5.97 Å². The van der Waals surface area contributed by atoms with Gasteiger partial charge in [0.05, 0.1) is 0 Å². The average Bonchev–Trinajstić information content (AvgIpc) is 2.97. The van der Waals surface area contributed by atoms with E-state index in [2.05, 4.69) is 10.3 Å². The van der Waals surface area contributed by atoms with Crippen LogP contribution in [0.15, 0.2) is 23.0 Å². The normalized spacial score (nSPS) is 16.5. The van der Waals surface area contributed by atoms with E-state index in [9.17, 15) is 9.59 Å². The van der Waals surface area contributed by atoms with Crippen molar-refractivity contribution in [3.63, 3.8) is 0 Å². The Labute approximate surface area is 130 Å². The van der Waals surface area contributed by atoms with E-state index in [4.69, 9.17) is 5.11 Å². The average molecular weight is 302 g/mol. The molecule has 1 amide bonds. The lowest BCUT2D eigenvalue weighted by Crippen LogP contribution is -2.16. The van der Waals surface area contributed by atoms with E-state index in [1.54, 1.807) is 0 Å². The molecule has 22 heavy (non-hydrogen) atoms. The van der Waals surface area contributed by atoms with Crippen LogP contribution in [0.5, 0.6) is 0 Å². The van der Waals surface area contributed by atoms with Gasteiger partial charge in [0.15, 0.2) is 0 Å². The van der Waals surface area contributed by atoms with Crippen LogP contribution in [0.2, 0.25) is 0 Å². The standard InChI is InChI=1S/C17H22N2O3/c1-4-12-13(5-2)17(22)19-15(12)8-14-10(3)11(9-18-14)6-7-16(20)21/h8-9,18H,4-7H2,1-3H3,(H,19,22)(H,20,21)/b15-8+.